The van der Waals surface area contributed by atoms with Gasteiger partial charge in [-0.05, 0) is 12.1 Å². The molecule has 2 aromatic rings. The summed E-state index contributed by atoms with van der Waals surface area (Å²) in [7, 11) is 0. The summed E-state index contributed by atoms with van der Waals surface area (Å²) >= 11 is 0. The number of nitrogens with two attached hydrogens (primary N) is 2. The number of carbonyl (C=O) groups is 1. The fourth-order valence-corrected chi connectivity index (χ4v) is 1.57. The molecule has 0 aliphatic heterocycles. The van der Waals surface area contributed by atoms with Crippen molar-refractivity contribution in [2.24, 2.45) is 11.5 Å². The van der Waals surface area contributed by atoms with Crippen LogP contribution >= 0.6 is 0 Å². The molecule has 0 spiro atoms. The summed E-state index contributed by atoms with van der Waals surface area (Å²) in [4.78, 5) is 25.1. The number of aromatic nitrogens is 2. The van der Waals surface area contributed by atoms with Gasteiger partial charge in [0.05, 0.1) is 17.6 Å². The molecule has 2 rings (SSSR count). The standard InChI is InChI=1S/C10H12N4O2.CH3.Cs/c11-6(9(12)15)5-14-8-4-2-1-3-7(8)13-10(14)16;;/h1-4,6H,5,11H2,(H2,12,15)(H,13,16);1H3;/q;-1;+1. The fourth-order valence-electron chi connectivity index (χ4n) is 1.57. The van der Waals surface area contributed by atoms with Gasteiger partial charge in [0.25, 0.3) is 0 Å². The van der Waals surface area contributed by atoms with Crippen molar-refractivity contribution in [3.63, 3.8) is 0 Å². The first kappa shape index (κ1) is 18.0. The summed E-state index contributed by atoms with van der Waals surface area (Å²) in [6.45, 7) is 0.0815. The Morgan fingerprint density at radius 1 is 1.39 bits per heavy atom. The van der Waals surface area contributed by atoms with Gasteiger partial charge in [-0.2, -0.15) is 0 Å². The Morgan fingerprint density at radius 2 is 2.00 bits per heavy atom. The Morgan fingerprint density at radius 3 is 2.61 bits per heavy atom. The average Bonchev–Trinajstić information content (AvgIpc) is 2.55. The number of hydrogen-bond acceptors (Lipinski definition) is 3. The summed E-state index contributed by atoms with van der Waals surface area (Å²) in [5.41, 5.74) is 11.7. The largest absolute Gasteiger partial charge is 1.00 e. The molecule has 1 aromatic heterocycles. The van der Waals surface area contributed by atoms with Gasteiger partial charge in [-0.1, -0.05) is 12.1 Å². The topological polar surface area (TPSA) is 107 Å². The molecule has 1 heterocycles. The van der Waals surface area contributed by atoms with E-state index in [1.807, 2.05) is 12.1 Å². The average molecular weight is 368 g/mol. The second kappa shape index (κ2) is 7.53. The van der Waals surface area contributed by atoms with E-state index in [0.717, 1.165) is 0 Å². The quantitative estimate of drug-likeness (QED) is 0.492. The first-order chi connectivity index (χ1) is 7.59. The van der Waals surface area contributed by atoms with Crippen LogP contribution in [0.4, 0.5) is 0 Å². The van der Waals surface area contributed by atoms with E-state index in [0.29, 0.717) is 11.0 Å². The van der Waals surface area contributed by atoms with Gasteiger partial charge < -0.3 is 23.9 Å². The molecule has 92 valence electrons. The van der Waals surface area contributed by atoms with Crippen molar-refractivity contribution >= 4 is 16.9 Å². The molecule has 0 saturated heterocycles. The Labute approximate surface area is 164 Å². The Bertz CT molecular complexity index is 590. The number of carbonyl (C=O) groups excluding carboxylic acids is 1. The smallest absolute Gasteiger partial charge is 0.368 e. The number of aromatic amines is 1. The van der Waals surface area contributed by atoms with Crippen molar-refractivity contribution in [1.29, 1.82) is 0 Å². The van der Waals surface area contributed by atoms with E-state index in [4.69, 9.17) is 11.5 Å². The molecule has 5 N–H and O–H groups in total. The normalized spacial score (nSPS) is 11.4. The maximum absolute atomic E-state index is 11.6. The molecule has 1 aromatic carbocycles. The number of para-hydroxylation sites is 2. The van der Waals surface area contributed by atoms with E-state index < -0.39 is 11.9 Å². The van der Waals surface area contributed by atoms with Crippen molar-refractivity contribution in [3.8, 4) is 0 Å². The van der Waals surface area contributed by atoms with E-state index in [9.17, 15) is 9.59 Å². The zero-order valence-corrected chi connectivity index (χ0v) is 16.8. The minimum Gasteiger partial charge on any atom is -0.368 e. The first-order valence-electron chi connectivity index (χ1n) is 4.82. The van der Waals surface area contributed by atoms with Crippen LogP contribution in [0.25, 0.3) is 11.0 Å². The molecule has 0 bridgehead atoms. The summed E-state index contributed by atoms with van der Waals surface area (Å²) in [5.74, 6) is -0.628. The van der Waals surface area contributed by atoms with Gasteiger partial charge in [-0.25, -0.2) is 4.79 Å². The van der Waals surface area contributed by atoms with Crippen LogP contribution in [0.1, 0.15) is 0 Å². The molecule has 7 heteroatoms. The second-order valence-electron chi connectivity index (χ2n) is 3.57. The number of fused-ring (bicyclic) bond motifs is 1. The van der Waals surface area contributed by atoms with Crippen LogP contribution in [0.15, 0.2) is 29.1 Å². The van der Waals surface area contributed by atoms with Crippen molar-refractivity contribution in [1.82, 2.24) is 9.55 Å². The third-order valence-electron chi connectivity index (χ3n) is 2.43. The number of nitrogens with one attached hydrogen (secondary N) is 1. The predicted octanol–water partition coefficient (Wildman–Crippen LogP) is -3.40. The second-order valence-corrected chi connectivity index (χ2v) is 3.57. The third-order valence-corrected chi connectivity index (χ3v) is 2.43. The Hall–Kier alpha value is -0.0281. The van der Waals surface area contributed by atoms with Gasteiger partial charge in [0.2, 0.25) is 5.91 Å². The molecule has 0 aliphatic carbocycles. The molecular weight excluding hydrogens is 353 g/mol. The summed E-state index contributed by atoms with van der Waals surface area (Å²) in [5, 5.41) is 0. The van der Waals surface area contributed by atoms with E-state index in [2.05, 4.69) is 4.98 Å². The number of hydrogen-bond donors (Lipinski definition) is 3. The van der Waals surface area contributed by atoms with E-state index >= 15 is 0 Å². The zero-order valence-electron chi connectivity index (χ0n) is 10.5. The van der Waals surface area contributed by atoms with Crippen molar-refractivity contribution in [3.05, 3.63) is 42.2 Å². The van der Waals surface area contributed by atoms with Gasteiger partial charge in [-0.3, -0.25) is 9.36 Å². The van der Waals surface area contributed by atoms with Gasteiger partial charge >= 0.3 is 74.6 Å². The van der Waals surface area contributed by atoms with Crippen LogP contribution in [0.2, 0.25) is 0 Å². The molecule has 0 radical (unpaired) electrons. The minimum atomic E-state index is -0.864. The maximum Gasteiger partial charge on any atom is 1.00 e. The van der Waals surface area contributed by atoms with Crippen molar-refractivity contribution in [2.75, 3.05) is 0 Å². The van der Waals surface area contributed by atoms with Crippen LogP contribution in [-0.4, -0.2) is 21.5 Å². The summed E-state index contributed by atoms with van der Waals surface area (Å²) in [6, 6.07) is 6.32. The molecule has 0 saturated carbocycles. The van der Waals surface area contributed by atoms with E-state index in [1.54, 1.807) is 12.1 Å². The molecule has 18 heavy (non-hydrogen) atoms. The number of amides is 1. The maximum atomic E-state index is 11.6. The van der Waals surface area contributed by atoms with Crippen LogP contribution in [-0.2, 0) is 11.3 Å². The minimum absolute atomic E-state index is 0. The summed E-state index contributed by atoms with van der Waals surface area (Å²) in [6.07, 6.45) is 0. The molecule has 1 atom stereocenters. The van der Waals surface area contributed by atoms with Gasteiger partial charge in [-0.15, -0.1) is 0 Å². The zero-order chi connectivity index (χ0) is 11.7. The number of nitrogens with zero attached hydrogens (tertiary/aromatic N) is 1. The van der Waals surface area contributed by atoms with Gasteiger partial charge in [0, 0.05) is 0 Å². The first-order valence-corrected chi connectivity index (χ1v) is 4.82. The molecule has 0 aliphatic rings. The van der Waals surface area contributed by atoms with Crippen LogP contribution < -0.4 is 86.1 Å². The number of primary amides is 1. The SMILES string of the molecule is NC(=O)C(N)Cn1c(=O)[nH]c2ccccc21.[CH3-].[Cs+]. The third kappa shape index (κ3) is 3.73. The molecule has 1 amide bonds. The van der Waals surface area contributed by atoms with E-state index in [-0.39, 0.29) is 88.6 Å². The molecule has 1 unspecified atom stereocenters. The van der Waals surface area contributed by atoms with Crippen LogP contribution in [0.3, 0.4) is 0 Å². The van der Waals surface area contributed by atoms with Crippen LogP contribution in [0.5, 0.6) is 0 Å². The Kier molecular flexibility index (Phi) is 7.52. The number of imidazole rings is 1. The predicted molar refractivity (Wildman–Crippen MR) is 66.1 cm³/mol. The van der Waals surface area contributed by atoms with Gasteiger partial charge in [0.15, 0.2) is 0 Å². The number of rotatable bonds is 3. The fraction of sp³-hybridized carbons (Fsp3) is 0.182. The van der Waals surface area contributed by atoms with Crippen molar-refractivity contribution in [2.45, 2.75) is 12.6 Å². The van der Waals surface area contributed by atoms with Gasteiger partial charge in [0.1, 0.15) is 6.04 Å². The van der Waals surface area contributed by atoms with Crippen molar-refractivity contribution < 1.29 is 73.7 Å². The van der Waals surface area contributed by atoms with E-state index in [1.165, 1.54) is 4.57 Å². The molecule has 6 nitrogen and oxygen atoms in total. The number of benzene rings is 1. The number of H-pyrrole nitrogens is 1. The molecular formula is C11H15CsN4O2. The monoisotopic (exact) mass is 368 g/mol. The van der Waals surface area contributed by atoms with Crippen LogP contribution in [0, 0.1) is 7.43 Å². The molecule has 0 fully saturated rings. The summed E-state index contributed by atoms with van der Waals surface area (Å²) < 4.78 is 1.41. The Balaban J connectivity index is 0.00000144.